The molecule has 2 aromatic rings. The Morgan fingerprint density at radius 3 is 1.74 bits per heavy atom. The topological polar surface area (TPSA) is 80.3 Å². The Morgan fingerprint density at radius 2 is 1.19 bits per heavy atom. The lowest BCUT2D eigenvalue weighted by atomic mass is 9.79. The van der Waals surface area contributed by atoms with Crippen LogP contribution < -0.4 is 28.4 Å². The SMILES string of the molecule is COc1cc(C[C@@H](CCCN2CCOCC2)[C@@H](Cc2cc(OC)c3c(c2)OCO3)CN2CCOCC2)cc2c1OCO2. The summed E-state index contributed by atoms with van der Waals surface area (Å²) in [6.07, 6.45) is 4.09. The maximum absolute atomic E-state index is 5.79. The summed E-state index contributed by atoms with van der Waals surface area (Å²) in [5, 5.41) is 0. The van der Waals surface area contributed by atoms with Crippen molar-refractivity contribution in [3.05, 3.63) is 35.4 Å². The number of morpholine rings is 2. The van der Waals surface area contributed by atoms with Gasteiger partial charge in [0.25, 0.3) is 0 Å². The summed E-state index contributed by atoms with van der Waals surface area (Å²) in [4.78, 5) is 5.09. The molecule has 0 bridgehead atoms. The summed E-state index contributed by atoms with van der Waals surface area (Å²) in [6.45, 7) is 9.70. The third kappa shape index (κ3) is 6.99. The normalized spacial score (nSPS) is 20.0. The molecule has 2 fully saturated rings. The molecule has 2 atom stereocenters. The van der Waals surface area contributed by atoms with E-state index in [1.807, 2.05) is 0 Å². The fourth-order valence-corrected chi connectivity index (χ4v) is 6.61. The summed E-state index contributed by atoms with van der Waals surface area (Å²) in [6, 6.07) is 8.51. The minimum absolute atomic E-state index is 0.225. The quantitative estimate of drug-likeness (QED) is 0.348. The lowest BCUT2D eigenvalue weighted by Gasteiger charge is -2.35. The number of fused-ring (bicyclic) bond motifs is 2. The highest BCUT2D eigenvalue weighted by Crippen LogP contribution is 2.44. The number of rotatable bonds is 13. The van der Waals surface area contributed by atoms with Crippen LogP contribution in [0.3, 0.4) is 0 Å². The number of hydrogen-bond acceptors (Lipinski definition) is 10. The van der Waals surface area contributed by atoms with E-state index in [4.69, 9.17) is 37.9 Å². The van der Waals surface area contributed by atoms with Crippen molar-refractivity contribution in [2.24, 2.45) is 11.8 Å². The molecule has 0 aromatic heterocycles. The molecule has 4 aliphatic rings. The van der Waals surface area contributed by atoms with Crippen molar-refractivity contribution in [1.29, 1.82) is 0 Å². The fourth-order valence-electron chi connectivity index (χ4n) is 6.61. The van der Waals surface area contributed by atoms with E-state index in [0.29, 0.717) is 23.3 Å². The van der Waals surface area contributed by atoms with Crippen LogP contribution in [0, 0.1) is 11.8 Å². The average molecular weight is 585 g/mol. The van der Waals surface area contributed by atoms with Crippen molar-refractivity contribution >= 4 is 0 Å². The van der Waals surface area contributed by atoms with Gasteiger partial charge in [0.05, 0.1) is 40.6 Å². The smallest absolute Gasteiger partial charge is 0.231 e. The second kappa shape index (κ2) is 14.0. The third-order valence-corrected chi connectivity index (χ3v) is 8.85. The van der Waals surface area contributed by atoms with E-state index in [0.717, 1.165) is 114 Å². The molecule has 0 unspecified atom stereocenters. The molecule has 6 rings (SSSR count). The Hall–Kier alpha value is -2.92. The lowest BCUT2D eigenvalue weighted by molar-refractivity contribution is 0.0236. The molecular weight excluding hydrogens is 540 g/mol. The van der Waals surface area contributed by atoms with E-state index < -0.39 is 0 Å². The van der Waals surface area contributed by atoms with Gasteiger partial charge in [-0.15, -0.1) is 0 Å². The largest absolute Gasteiger partial charge is 0.493 e. The molecule has 0 aliphatic carbocycles. The number of hydrogen-bond donors (Lipinski definition) is 0. The summed E-state index contributed by atoms with van der Waals surface area (Å²) in [5.41, 5.74) is 2.42. The molecule has 4 heterocycles. The average Bonchev–Trinajstić information content (AvgIpc) is 3.70. The maximum Gasteiger partial charge on any atom is 0.231 e. The molecule has 2 saturated heterocycles. The van der Waals surface area contributed by atoms with Gasteiger partial charge in [0.1, 0.15) is 0 Å². The highest BCUT2D eigenvalue weighted by atomic mass is 16.7. The molecular formula is C32H44N2O8. The van der Waals surface area contributed by atoms with Crippen molar-refractivity contribution < 1.29 is 37.9 Å². The second-order valence-electron chi connectivity index (χ2n) is 11.5. The van der Waals surface area contributed by atoms with Gasteiger partial charge in [0.2, 0.25) is 25.1 Å². The summed E-state index contributed by atoms with van der Waals surface area (Å²) < 4.78 is 45.6. The number of ether oxygens (including phenoxy) is 8. The van der Waals surface area contributed by atoms with Gasteiger partial charge >= 0.3 is 0 Å². The van der Waals surface area contributed by atoms with E-state index in [2.05, 4.69) is 34.1 Å². The lowest BCUT2D eigenvalue weighted by Crippen LogP contribution is -2.42. The number of benzene rings is 2. The predicted octanol–water partition coefficient (Wildman–Crippen LogP) is 3.62. The first-order chi connectivity index (χ1) is 20.7. The van der Waals surface area contributed by atoms with Crippen LogP contribution in [0.25, 0.3) is 0 Å². The molecule has 0 N–H and O–H groups in total. The molecule has 0 radical (unpaired) electrons. The van der Waals surface area contributed by atoms with Crippen LogP contribution in [0.1, 0.15) is 24.0 Å². The van der Waals surface area contributed by atoms with Crippen molar-refractivity contribution in [2.45, 2.75) is 25.7 Å². The van der Waals surface area contributed by atoms with E-state index >= 15 is 0 Å². The first-order valence-corrected chi connectivity index (χ1v) is 15.2. The van der Waals surface area contributed by atoms with Crippen LogP contribution in [0.2, 0.25) is 0 Å². The molecule has 0 spiro atoms. The van der Waals surface area contributed by atoms with Crippen LogP contribution in [0.4, 0.5) is 0 Å². The molecule has 0 amide bonds. The monoisotopic (exact) mass is 584 g/mol. The first kappa shape index (κ1) is 29.2. The van der Waals surface area contributed by atoms with Gasteiger partial charge in [-0.3, -0.25) is 9.80 Å². The molecule has 4 aliphatic heterocycles. The molecule has 2 aromatic carbocycles. The van der Waals surface area contributed by atoms with Crippen LogP contribution in [0.5, 0.6) is 34.5 Å². The molecule has 42 heavy (non-hydrogen) atoms. The minimum atomic E-state index is 0.225. The second-order valence-corrected chi connectivity index (χ2v) is 11.5. The zero-order chi connectivity index (χ0) is 28.7. The Morgan fingerprint density at radius 1 is 0.667 bits per heavy atom. The van der Waals surface area contributed by atoms with Gasteiger partial charge in [-0.05, 0) is 79.5 Å². The number of methoxy groups -OCH3 is 2. The first-order valence-electron chi connectivity index (χ1n) is 15.2. The van der Waals surface area contributed by atoms with Gasteiger partial charge in [0, 0.05) is 32.7 Å². The highest BCUT2D eigenvalue weighted by Gasteiger charge is 2.29. The van der Waals surface area contributed by atoms with Gasteiger partial charge in [0.15, 0.2) is 23.0 Å². The van der Waals surface area contributed by atoms with Crippen LogP contribution >= 0.6 is 0 Å². The summed E-state index contributed by atoms with van der Waals surface area (Å²) in [5.74, 6) is 5.21. The highest BCUT2D eigenvalue weighted by molar-refractivity contribution is 5.56. The standard InChI is InChI=1S/C32H44N2O8/c1-35-27-16-23(18-29-31(27)41-21-39-29)14-25(4-3-5-33-6-10-37-11-7-33)26(20-34-8-12-38-13-9-34)15-24-17-28(36-2)32-30(19-24)40-22-42-32/h16-19,25-26H,3-15,20-22H2,1-2H3/t25-,26+/m1/s1. The van der Waals surface area contributed by atoms with Crippen LogP contribution in [-0.4, -0.2) is 103 Å². The third-order valence-electron chi connectivity index (χ3n) is 8.85. The van der Waals surface area contributed by atoms with Crippen molar-refractivity contribution in [3.8, 4) is 34.5 Å². The Labute approximate surface area is 248 Å². The zero-order valence-corrected chi connectivity index (χ0v) is 24.9. The van der Waals surface area contributed by atoms with Gasteiger partial charge in [-0.2, -0.15) is 0 Å². The van der Waals surface area contributed by atoms with Crippen LogP contribution in [0.15, 0.2) is 24.3 Å². The molecule has 0 saturated carbocycles. The van der Waals surface area contributed by atoms with Gasteiger partial charge < -0.3 is 37.9 Å². The Bertz CT molecular complexity index is 1180. The van der Waals surface area contributed by atoms with Gasteiger partial charge in [-0.1, -0.05) is 0 Å². The van der Waals surface area contributed by atoms with Crippen molar-refractivity contribution in [1.82, 2.24) is 9.80 Å². The number of nitrogens with zero attached hydrogens (tertiary/aromatic N) is 2. The van der Waals surface area contributed by atoms with E-state index in [9.17, 15) is 0 Å². The van der Waals surface area contributed by atoms with Crippen LogP contribution in [-0.2, 0) is 22.3 Å². The molecule has 230 valence electrons. The van der Waals surface area contributed by atoms with E-state index in [-0.39, 0.29) is 13.6 Å². The van der Waals surface area contributed by atoms with E-state index in [1.165, 1.54) is 11.1 Å². The molecule has 10 heteroatoms. The fraction of sp³-hybridized carbons (Fsp3) is 0.625. The summed E-state index contributed by atoms with van der Waals surface area (Å²) in [7, 11) is 3.38. The molecule has 10 nitrogen and oxygen atoms in total. The van der Waals surface area contributed by atoms with Gasteiger partial charge in [-0.25, -0.2) is 0 Å². The van der Waals surface area contributed by atoms with Crippen molar-refractivity contribution in [2.75, 3.05) is 93.5 Å². The minimum Gasteiger partial charge on any atom is -0.493 e. The zero-order valence-electron chi connectivity index (χ0n) is 24.9. The van der Waals surface area contributed by atoms with Crippen molar-refractivity contribution in [3.63, 3.8) is 0 Å². The predicted molar refractivity (Wildman–Crippen MR) is 156 cm³/mol. The maximum atomic E-state index is 5.79. The summed E-state index contributed by atoms with van der Waals surface area (Å²) >= 11 is 0. The Kier molecular flexibility index (Phi) is 9.75. The Balaban J connectivity index is 1.27. The van der Waals surface area contributed by atoms with E-state index in [1.54, 1.807) is 14.2 Å².